The van der Waals surface area contributed by atoms with Crippen molar-refractivity contribution in [2.45, 2.75) is 56.7 Å². The van der Waals surface area contributed by atoms with Crippen LogP contribution in [0.1, 0.15) is 46.0 Å². The second-order valence-corrected chi connectivity index (χ2v) is 6.15. The minimum atomic E-state index is -2.39. The van der Waals surface area contributed by atoms with E-state index in [0.717, 1.165) is 12.8 Å². The molecule has 1 rings (SSSR count). The van der Waals surface area contributed by atoms with Crippen LogP contribution in [0.5, 0.6) is 0 Å². The van der Waals surface area contributed by atoms with E-state index in [-0.39, 0.29) is 18.8 Å². The molecule has 3 atom stereocenters. The third kappa shape index (κ3) is 3.84. The maximum atomic E-state index is 13.1. The van der Waals surface area contributed by atoms with Crippen LogP contribution in [0.2, 0.25) is 0 Å². The van der Waals surface area contributed by atoms with E-state index in [2.05, 4.69) is 29.8 Å². The zero-order valence-electron chi connectivity index (χ0n) is 8.90. The Labute approximate surface area is 93.6 Å². The van der Waals surface area contributed by atoms with Gasteiger partial charge in [0, 0.05) is 17.7 Å². The fraction of sp³-hybridized carbons (Fsp3) is 1.00. The summed E-state index contributed by atoms with van der Waals surface area (Å²) in [6.45, 7) is 4.22. The van der Waals surface area contributed by atoms with Crippen LogP contribution in [0.15, 0.2) is 0 Å². The zero-order chi connectivity index (χ0) is 10.8. The molecular formula is C11H19BrF2. The number of hydrogen-bond acceptors (Lipinski definition) is 0. The van der Waals surface area contributed by atoms with E-state index in [0.29, 0.717) is 17.2 Å². The molecule has 0 bridgehead atoms. The normalized spacial score (nSPS) is 31.1. The summed E-state index contributed by atoms with van der Waals surface area (Å²) in [5.74, 6) is -1.67. The first-order valence-corrected chi connectivity index (χ1v) is 6.34. The van der Waals surface area contributed by atoms with Gasteiger partial charge in [-0.15, -0.1) is 0 Å². The second kappa shape index (κ2) is 4.91. The summed E-state index contributed by atoms with van der Waals surface area (Å²) < 4.78 is 26.2. The van der Waals surface area contributed by atoms with Crippen molar-refractivity contribution in [3.63, 3.8) is 0 Å². The first kappa shape index (κ1) is 12.4. The van der Waals surface area contributed by atoms with Crippen molar-refractivity contribution in [3.05, 3.63) is 0 Å². The molecule has 1 saturated carbocycles. The van der Waals surface area contributed by atoms with E-state index in [1.165, 1.54) is 0 Å². The van der Waals surface area contributed by atoms with Gasteiger partial charge in [-0.25, -0.2) is 8.78 Å². The lowest BCUT2D eigenvalue weighted by Crippen LogP contribution is -2.27. The standard InChI is InChI=1S/C11H19BrF2/c1-8(9(2)12)6-10-4-3-5-11(13,14)7-10/h8-10H,3-7H2,1-2H3. The average Bonchev–Trinajstić information content (AvgIpc) is 2.01. The third-order valence-electron chi connectivity index (χ3n) is 3.23. The van der Waals surface area contributed by atoms with Gasteiger partial charge in [0.1, 0.15) is 0 Å². The second-order valence-electron chi connectivity index (χ2n) is 4.71. The van der Waals surface area contributed by atoms with Crippen LogP contribution in [-0.2, 0) is 0 Å². The van der Waals surface area contributed by atoms with E-state index in [1.54, 1.807) is 0 Å². The Morgan fingerprint density at radius 1 is 1.43 bits per heavy atom. The van der Waals surface area contributed by atoms with Crippen LogP contribution in [0.4, 0.5) is 8.78 Å². The predicted octanol–water partition coefficient (Wildman–Crippen LogP) is 4.62. The molecule has 0 aromatic heterocycles. The molecule has 3 heteroatoms. The van der Waals surface area contributed by atoms with Gasteiger partial charge in [0.15, 0.2) is 0 Å². The first-order valence-electron chi connectivity index (χ1n) is 5.42. The Morgan fingerprint density at radius 2 is 2.07 bits per heavy atom. The molecule has 1 fully saturated rings. The molecule has 14 heavy (non-hydrogen) atoms. The predicted molar refractivity (Wildman–Crippen MR) is 59.1 cm³/mol. The highest BCUT2D eigenvalue weighted by atomic mass is 79.9. The van der Waals surface area contributed by atoms with Gasteiger partial charge in [-0.05, 0) is 24.7 Å². The van der Waals surface area contributed by atoms with Crippen molar-refractivity contribution in [1.82, 2.24) is 0 Å². The third-order valence-corrected chi connectivity index (χ3v) is 4.13. The van der Waals surface area contributed by atoms with Gasteiger partial charge >= 0.3 is 0 Å². The minimum absolute atomic E-state index is 0.0990. The van der Waals surface area contributed by atoms with Crippen LogP contribution in [0.3, 0.4) is 0 Å². The Morgan fingerprint density at radius 3 is 2.57 bits per heavy atom. The van der Waals surface area contributed by atoms with Gasteiger partial charge in [0.25, 0.3) is 0 Å². The van der Waals surface area contributed by atoms with Crippen LogP contribution in [0, 0.1) is 11.8 Å². The minimum Gasteiger partial charge on any atom is -0.207 e. The molecule has 1 aliphatic carbocycles. The molecule has 0 radical (unpaired) electrons. The molecule has 0 nitrogen and oxygen atoms in total. The fourth-order valence-electron chi connectivity index (χ4n) is 2.19. The van der Waals surface area contributed by atoms with E-state index in [1.807, 2.05) is 0 Å². The van der Waals surface area contributed by atoms with Gasteiger partial charge in [-0.3, -0.25) is 0 Å². The molecule has 84 valence electrons. The van der Waals surface area contributed by atoms with Crippen LogP contribution < -0.4 is 0 Å². The highest BCUT2D eigenvalue weighted by Gasteiger charge is 2.36. The topological polar surface area (TPSA) is 0 Å². The lowest BCUT2D eigenvalue weighted by atomic mass is 9.81. The zero-order valence-corrected chi connectivity index (χ0v) is 10.5. The molecule has 3 unspecified atom stereocenters. The van der Waals surface area contributed by atoms with Crippen molar-refractivity contribution in [2.24, 2.45) is 11.8 Å². The number of alkyl halides is 3. The summed E-state index contributed by atoms with van der Waals surface area (Å²) >= 11 is 3.51. The van der Waals surface area contributed by atoms with Crippen molar-refractivity contribution >= 4 is 15.9 Å². The van der Waals surface area contributed by atoms with E-state index in [4.69, 9.17) is 0 Å². The lowest BCUT2D eigenvalue weighted by Gasteiger charge is -2.31. The van der Waals surface area contributed by atoms with Gasteiger partial charge in [-0.2, -0.15) is 0 Å². The maximum absolute atomic E-state index is 13.1. The average molecular weight is 269 g/mol. The Bertz CT molecular complexity index is 180. The Kier molecular flexibility index (Phi) is 4.35. The smallest absolute Gasteiger partial charge is 0.207 e. The van der Waals surface area contributed by atoms with Crippen molar-refractivity contribution in [1.29, 1.82) is 0 Å². The SMILES string of the molecule is CC(Br)C(C)CC1CCCC(F)(F)C1. The molecule has 0 aromatic carbocycles. The molecular weight excluding hydrogens is 250 g/mol. The highest BCUT2D eigenvalue weighted by Crippen LogP contribution is 2.39. The first-order chi connectivity index (χ1) is 6.41. The van der Waals surface area contributed by atoms with Crippen LogP contribution >= 0.6 is 15.9 Å². The summed E-state index contributed by atoms with van der Waals surface area (Å²) in [4.78, 5) is 0.429. The molecule has 0 spiro atoms. The van der Waals surface area contributed by atoms with Gasteiger partial charge in [0.2, 0.25) is 5.92 Å². The van der Waals surface area contributed by atoms with E-state index < -0.39 is 5.92 Å². The molecule has 0 aliphatic heterocycles. The monoisotopic (exact) mass is 268 g/mol. The van der Waals surface area contributed by atoms with E-state index >= 15 is 0 Å². The van der Waals surface area contributed by atoms with Crippen LogP contribution in [-0.4, -0.2) is 10.7 Å². The number of hydrogen-bond donors (Lipinski definition) is 0. The summed E-state index contributed by atoms with van der Waals surface area (Å²) in [6, 6.07) is 0. The Hall–Kier alpha value is 0.340. The van der Waals surface area contributed by atoms with Crippen molar-refractivity contribution in [3.8, 4) is 0 Å². The van der Waals surface area contributed by atoms with Gasteiger partial charge in [-0.1, -0.05) is 36.2 Å². The van der Waals surface area contributed by atoms with Crippen LogP contribution in [0.25, 0.3) is 0 Å². The van der Waals surface area contributed by atoms with Crippen molar-refractivity contribution < 1.29 is 8.78 Å². The molecule has 0 heterocycles. The fourth-order valence-corrected chi connectivity index (χ4v) is 2.41. The summed E-state index contributed by atoms with van der Waals surface area (Å²) in [6.07, 6.45) is 2.82. The maximum Gasteiger partial charge on any atom is 0.248 e. The largest absolute Gasteiger partial charge is 0.248 e. The van der Waals surface area contributed by atoms with E-state index in [9.17, 15) is 8.78 Å². The Balaban J connectivity index is 2.38. The number of rotatable bonds is 3. The summed E-state index contributed by atoms with van der Waals surface area (Å²) in [7, 11) is 0. The van der Waals surface area contributed by atoms with Gasteiger partial charge < -0.3 is 0 Å². The highest BCUT2D eigenvalue weighted by molar-refractivity contribution is 9.09. The lowest BCUT2D eigenvalue weighted by molar-refractivity contribution is -0.0553. The molecule has 0 N–H and O–H groups in total. The quantitative estimate of drug-likeness (QED) is 0.656. The van der Waals surface area contributed by atoms with Crippen molar-refractivity contribution in [2.75, 3.05) is 0 Å². The molecule has 1 aliphatic rings. The summed E-state index contributed by atoms with van der Waals surface area (Å²) in [5, 5.41) is 0. The molecule has 0 aromatic rings. The molecule has 0 saturated heterocycles. The molecule has 0 amide bonds. The van der Waals surface area contributed by atoms with Gasteiger partial charge in [0.05, 0.1) is 0 Å². The summed E-state index contributed by atoms with van der Waals surface area (Å²) in [5.41, 5.74) is 0. The number of halogens is 3.